The van der Waals surface area contributed by atoms with Crippen LogP contribution >= 0.6 is 11.6 Å². The zero-order chi connectivity index (χ0) is 12.7. The highest BCUT2D eigenvalue weighted by molar-refractivity contribution is 6.31. The van der Waals surface area contributed by atoms with Gasteiger partial charge < -0.3 is 10.2 Å². The van der Waals surface area contributed by atoms with Crippen LogP contribution in [0.3, 0.4) is 0 Å². The Labute approximate surface area is 110 Å². The van der Waals surface area contributed by atoms with E-state index in [-0.39, 0.29) is 0 Å². The molecule has 0 amide bonds. The molecule has 0 bridgehead atoms. The molecule has 3 rings (SSSR count). The van der Waals surface area contributed by atoms with Crippen molar-refractivity contribution in [3.8, 4) is 0 Å². The van der Waals surface area contributed by atoms with E-state index < -0.39 is 0 Å². The van der Waals surface area contributed by atoms with Gasteiger partial charge in [0.2, 0.25) is 0 Å². The maximum Gasteiger partial charge on any atom is 0.0757 e. The van der Waals surface area contributed by atoms with E-state index in [0.29, 0.717) is 18.2 Å². The summed E-state index contributed by atoms with van der Waals surface area (Å²) in [5.74, 6) is 5.66. The van der Waals surface area contributed by atoms with Crippen LogP contribution in [0.1, 0.15) is 16.8 Å². The predicted molar refractivity (Wildman–Crippen MR) is 72.7 cm³/mol. The Bertz CT molecular complexity index is 627. The molecular weight excluding hydrogens is 250 g/mol. The molecule has 18 heavy (non-hydrogen) atoms. The summed E-state index contributed by atoms with van der Waals surface area (Å²) in [5, 5.41) is 1.64. The molecule has 0 fully saturated rings. The molecule has 4 nitrogen and oxygen atoms in total. The number of anilines is 1. The highest BCUT2D eigenvalue weighted by Crippen LogP contribution is 2.34. The van der Waals surface area contributed by atoms with E-state index in [1.807, 2.05) is 19.1 Å². The van der Waals surface area contributed by atoms with Crippen molar-refractivity contribution in [1.82, 2.24) is 4.98 Å². The number of benzene rings is 1. The van der Waals surface area contributed by atoms with Crippen LogP contribution in [0.4, 0.5) is 5.69 Å². The lowest BCUT2D eigenvalue weighted by Gasteiger charge is -2.21. The number of ether oxygens (including phenoxy) is 1. The maximum absolute atomic E-state index is 6.11. The zero-order valence-corrected chi connectivity index (χ0v) is 10.8. The lowest BCUT2D eigenvalue weighted by Crippen LogP contribution is -2.18. The predicted octanol–water partition coefficient (Wildman–Crippen LogP) is 2.55. The number of hydrazine groups is 1. The minimum absolute atomic E-state index is 0.545. The van der Waals surface area contributed by atoms with E-state index in [1.54, 1.807) is 0 Å². The number of aryl methyl sites for hydroxylation is 1. The topological polar surface area (TPSA) is 60.2 Å². The third-order valence-electron chi connectivity index (χ3n) is 3.31. The van der Waals surface area contributed by atoms with Gasteiger partial charge in [0.05, 0.1) is 30.1 Å². The van der Waals surface area contributed by atoms with E-state index in [0.717, 1.165) is 39.8 Å². The Morgan fingerprint density at radius 1 is 1.44 bits per heavy atom. The standard InChI is InChI=1S/C13H14ClN3O/c1-7-4-8(14)5-9-12(7)16-11-2-3-18-6-10(11)13(9)17-15/h4-5H,2-3,6,15H2,1H3,(H,16,17). The molecule has 1 aromatic carbocycles. The molecule has 1 aliphatic rings. The van der Waals surface area contributed by atoms with E-state index in [4.69, 9.17) is 27.2 Å². The molecule has 0 atom stereocenters. The van der Waals surface area contributed by atoms with Gasteiger partial charge >= 0.3 is 0 Å². The van der Waals surface area contributed by atoms with Gasteiger partial charge in [-0.05, 0) is 24.6 Å². The number of nitrogen functional groups attached to an aromatic ring is 1. The fourth-order valence-electron chi connectivity index (χ4n) is 2.45. The van der Waals surface area contributed by atoms with Crippen LogP contribution < -0.4 is 11.3 Å². The second kappa shape index (κ2) is 4.39. The van der Waals surface area contributed by atoms with E-state index >= 15 is 0 Å². The molecule has 0 aliphatic carbocycles. The number of rotatable bonds is 1. The number of pyridine rings is 1. The molecule has 0 saturated heterocycles. The number of hydrogen-bond donors (Lipinski definition) is 2. The smallest absolute Gasteiger partial charge is 0.0757 e. The third-order valence-corrected chi connectivity index (χ3v) is 3.52. The van der Waals surface area contributed by atoms with Crippen molar-refractivity contribution in [3.05, 3.63) is 34.0 Å². The van der Waals surface area contributed by atoms with Gasteiger partial charge in [-0.25, -0.2) is 0 Å². The van der Waals surface area contributed by atoms with Gasteiger partial charge in [-0.1, -0.05) is 11.6 Å². The average Bonchev–Trinajstić information content (AvgIpc) is 2.36. The van der Waals surface area contributed by atoms with Gasteiger partial charge in [0.1, 0.15) is 0 Å². The first-order valence-corrected chi connectivity index (χ1v) is 6.24. The molecule has 1 aromatic heterocycles. The minimum Gasteiger partial charge on any atom is -0.376 e. The number of nitrogens with zero attached hydrogens (tertiary/aromatic N) is 1. The number of hydrogen-bond acceptors (Lipinski definition) is 4. The summed E-state index contributed by atoms with van der Waals surface area (Å²) in [6.07, 6.45) is 0.821. The van der Waals surface area contributed by atoms with Crippen molar-refractivity contribution < 1.29 is 4.74 Å². The molecule has 0 radical (unpaired) electrons. The first kappa shape index (κ1) is 11.7. The third kappa shape index (κ3) is 1.73. The first-order valence-electron chi connectivity index (χ1n) is 5.86. The number of nitrogens with two attached hydrogens (primary N) is 1. The van der Waals surface area contributed by atoms with E-state index in [9.17, 15) is 0 Å². The Morgan fingerprint density at radius 2 is 2.28 bits per heavy atom. The van der Waals surface area contributed by atoms with Gasteiger partial charge in [0.25, 0.3) is 0 Å². The van der Waals surface area contributed by atoms with Gasteiger partial charge in [-0.2, -0.15) is 0 Å². The van der Waals surface area contributed by atoms with Gasteiger partial charge in [-0.15, -0.1) is 0 Å². The van der Waals surface area contributed by atoms with Gasteiger partial charge in [0, 0.05) is 22.4 Å². The van der Waals surface area contributed by atoms with Crippen molar-refractivity contribution >= 4 is 28.2 Å². The highest BCUT2D eigenvalue weighted by Gasteiger charge is 2.19. The minimum atomic E-state index is 0.545. The Balaban J connectivity index is 2.40. The van der Waals surface area contributed by atoms with E-state index in [2.05, 4.69) is 5.43 Å². The summed E-state index contributed by atoms with van der Waals surface area (Å²) in [4.78, 5) is 4.73. The van der Waals surface area contributed by atoms with Gasteiger partial charge in [0.15, 0.2) is 0 Å². The van der Waals surface area contributed by atoms with Crippen LogP contribution in [0.5, 0.6) is 0 Å². The summed E-state index contributed by atoms with van der Waals surface area (Å²) < 4.78 is 5.48. The lowest BCUT2D eigenvalue weighted by atomic mass is 10.0. The number of halogens is 1. The normalized spacial score (nSPS) is 14.6. The fourth-order valence-corrected chi connectivity index (χ4v) is 2.73. The lowest BCUT2D eigenvalue weighted by molar-refractivity contribution is 0.110. The Kier molecular flexibility index (Phi) is 2.86. The van der Waals surface area contributed by atoms with Crippen molar-refractivity contribution in [2.75, 3.05) is 12.0 Å². The molecule has 2 heterocycles. The fraction of sp³-hybridized carbons (Fsp3) is 0.308. The van der Waals surface area contributed by atoms with Crippen LogP contribution in [0.15, 0.2) is 12.1 Å². The van der Waals surface area contributed by atoms with Crippen LogP contribution in [0, 0.1) is 6.92 Å². The summed E-state index contributed by atoms with van der Waals surface area (Å²) in [7, 11) is 0. The van der Waals surface area contributed by atoms with Crippen LogP contribution in [0.2, 0.25) is 5.02 Å². The summed E-state index contributed by atoms with van der Waals surface area (Å²) in [6, 6.07) is 3.81. The molecule has 2 aromatic rings. The van der Waals surface area contributed by atoms with Crippen molar-refractivity contribution in [3.63, 3.8) is 0 Å². The SMILES string of the molecule is Cc1cc(Cl)cc2c(NN)c3c(nc12)CCOC3. The number of nitrogens with one attached hydrogen (secondary N) is 1. The number of aromatic nitrogens is 1. The van der Waals surface area contributed by atoms with Crippen molar-refractivity contribution in [2.24, 2.45) is 5.84 Å². The van der Waals surface area contributed by atoms with Crippen LogP contribution in [-0.2, 0) is 17.8 Å². The quantitative estimate of drug-likeness (QED) is 0.613. The van der Waals surface area contributed by atoms with Crippen LogP contribution in [-0.4, -0.2) is 11.6 Å². The summed E-state index contributed by atoms with van der Waals surface area (Å²) >= 11 is 6.11. The van der Waals surface area contributed by atoms with Crippen molar-refractivity contribution in [2.45, 2.75) is 20.0 Å². The summed E-state index contributed by atoms with van der Waals surface area (Å²) in [6.45, 7) is 3.26. The molecule has 5 heteroatoms. The number of fused-ring (bicyclic) bond motifs is 2. The second-order valence-corrected chi connectivity index (χ2v) is 4.91. The Morgan fingerprint density at radius 3 is 3.06 bits per heavy atom. The molecular formula is C13H14ClN3O. The monoisotopic (exact) mass is 263 g/mol. The largest absolute Gasteiger partial charge is 0.376 e. The van der Waals surface area contributed by atoms with Crippen LogP contribution in [0.25, 0.3) is 10.9 Å². The molecule has 94 valence electrons. The van der Waals surface area contributed by atoms with Crippen molar-refractivity contribution in [1.29, 1.82) is 0 Å². The van der Waals surface area contributed by atoms with E-state index in [1.165, 1.54) is 0 Å². The molecule has 0 spiro atoms. The van der Waals surface area contributed by atoms with Gasteiger partial charge in [-0.3, -0.25) is 10.8 Å². The molecule has 0 saturated carbocycles. The summed E-state index contributed by atoms with van der Waals surface area (Å²) in [5.41, 5.74) is 7.76. The maximum atomic E-state index is 6.11. The second-order valence-electron chi connectivity index (χ2n) is 4.48. The first-order chi connectivity index (χ1) is 8.70. The average molecular weight is 264 g/mol. The Hall–Kier alpha value is -1.36. The molecule has 0 unspecified atom stereocenters. The molecule has 3 N–H and O–H groups in total. The highest BCUT2D eigenvalue weighted by atomic mass is 35.5. The zero-order valence-electron chi connectivity index (χ0n) is 10.1. The molecule has 1 aliphatic heterocycles.